The van der Waals surface area contributed by atoms with E-state index in [0.717, 1.165) is 24.5 Å². The van der Waals surface area contributed by atoms with Crippen LogP contribution in [0.15, 0.2) is 60.8 Å². The summed E-state index contributed by atoms with van der Waals surface area (Å²) in [6.07, 6.45) is 1.76. The van der Waals surface area contributed by atoms with Crippen LogP contribution >= 0.6 is 0 Å². The predicted octanol–water partition coefficient (Wildman–Crippen LogP) is 4.26. The summed E-state index contributed by atoms with van der Waals surface area (Å²) in [5.41, 5.74) is 2.03. The lowest BCUT2D eigenvalue weighted by atomic mass is 10.2. The Morgan fingerprint density at radius 1 is 1.00 bits per heavy atom. The van der Waals surface area contributed by atoms with Crippen LogP contribution in [0.4, 0.5) is 17.5 Å². The number of methoxy groups -OCH3 is 2. The van der Waals surface area contributed by atoms with Crippen LogP contribution in [-0.4, -0.2) is 30.7 Å². The Balaban J connectivity index is 1.80. The van der Waals surface area contributed by atoms with Gasteiger partial charge in [0.15, 0.2) is 0 Å². The molecule has 0 saturated heterocycles. The zero-order valence-electron chi connectivity index (χ0n) is 15.8. The molecule has 0 amide bonds. The molecule has 0 aliphatic rings. The van der Waals surface area contributed by atoms with Crippen molar-refractivity contribution >= 4 is 17.5 Å². The minimum absolute atomic E-state index is 0.679. The number of rotatable bonds is 8. The lowest BCUT2D eigenvalue weighted by molar-refractivity contribution is 0.395. The molecule has 0 radical (unpaired) electrons. The Bertz CT molecular complexity index is 871. The van der Waals surface area contributed by atoms with Crippen molar-refractivity contribution in [2.75, 3.05) is 31.0 Å². The number of anilines is 3. The Labute approximate surface area is 159 Å². The van der Waals surface area contributed by atoms with Crippen LogP contribution in [0.5, 0.6) is 11.5 Å². The van der Waals surface area contributed by atoms with Crippen molar-refractivity contribution in [2.45, 2.75) is 13.5 Å². The zero-order valence-corrected chi connectivity index (χ0v) is 15.8. The first-order chi connectivity index (χ1) is 13.2. The monoisotopic (exact) mass is 364 g/mol. The van der Waals surface area contributed by atoms with Crippen LogP contribution in [0.3, 0.4) is 0 Å². The summed E-state index contributed by atoms with van der Waals surface area (Å²) in [5.74, 6) is 2.81. The third kappa shape index (κ3) is 4.67. The van der Waals surface area contributed by atoms with Crippen molar-refractivity contribution in [3.63, 3.8) is 0 Å². The molecule has 0 aliphatic heterocycles. The highest BCUT2D eigenvalue weighted by atomic mass is 16.5. The third-order valence-electron chi connectivity index (χ3n) is 4.20. The van der Waals surface area contributed by atoms with E-state index in [0.29, 0.717) is 17.5 Å². The van der Waals surface area contributed by atoms with E-state index in [-0.39, 0.29) is 0 Å². The molecule has 0 unspecified atom stereocenters. The molecule has 0 fully saturated rings. The van der Waals surface area contributed by atoms with Gasteiger partial charge >= 0.3 is 0 Å². The van der Waals surface area contributed by atoms with Gasteiger partial charge in [-0.15, -0.1) is 0 Å². The second-order valence-corrected chi connectivity index (χ2v) is 5.93. The number of ether oxygens (including phenoxy) is 2. The molecule has 6 heteroatoms. The molecule has 27 heavy (non-hydrogen) atoms. The highest BCUT2D eigenvalue weighted by Crippen LogP contribution is 2.31. The SMILES string of the molecule is CCN(Cc1ccccc1)c1nccc(Nc2ccc(OC)cc2OC)n1. The summed E-state index contributed by atoms with van der Waals surface area (Å²) in [4.78, 5) is 11.2. The summed E-state index contributed by atoms with van der Waals surface area (Å²) < 4.78 is 10.7. The maximum Gasteiger partial charge on any atom is 0.227 e. The van der Waals surface area contributed by atoms with Crippen LogP contribution in [-0.2, 0) is 6.54 Å². The second-order valence-electron chi connectivity index (χ2n) is 5.93. The first-order valence-electron chi connectivity index (χ1n) is 8.84. The van der Waals surface area contributed by atoms with E-state index in [1.807, 2.05) is 42.5 Å². The fourth-order valence-corrected chi connectivity index (χ4v) is 2.74. The minimum Gasteiger partial charge on any atom is -0.497 e. The highest BCUT2D eigenvalue weighted by molar-refractivity contribution is 5.66. The van der Waals surface area contributed by atoms with Gasteiger partial charge in [-0.25, -0.2) is 4.98 Å². The van der Waals surface area contributed by atoms with Gasteiger partial charge in [-0.05, 0) is 30.7 Å². The molecule has 0 atom stereocenters. The molecule has 1 aromatic heterocycles. The van der Waals surface area contributed by atoms with Crippen molar-refractivity contribution in [2.24, 2.45) is 0 Å². The van der Waals surface area contributed by atoms with Crippen molar-refractivity contribution < 1.29 is 9.47 Å². The normalized spacial score (nSPS) is 10.3. The standard InChI is InChI=1S/C21H24N4O2/c1-4-25(15-16-8-6-5-7-9-16)21-22-13-12-20(24-21)23-18-11-10-17(26-2)14-19(18)27-3/h5-14H,4,15H2,1-3H3,(H,22,23,24). The van der Waals surface area contributed by atoms with Gasteiger partial charge in [-0.1, -0.05) is 30.3 Å². The highest BCUT2D eigenvalue weighted by Gasteiger charge is 2.11. The molecule has 2 aromatic carbocycles. The smallest absolute Gasteiger partial charge is 0.227 e. The van der Waals surface area contributed by atoms with Gasteiger partial charge in [0.2, 0.25) is 5.95 Å². The van der Waals surface area contributed by atoms with E-state index in [4.69, 9.17) is 9.47 Å². The van der Waals surface area contributed by atoms with Crippen molar-refractivity contribution in [1.29, 1.82) is 0 Å². The predicted molar refractivity (Wildman–Crippen MR) is 108 cm³/mol. The third-order valence-corrected chi connectivity index (χ3v) is 4.20. The van der Waals surface area contributed by atoms with Gasteiger partial charge < -0.3 is 19.7 Å². The fourth-order valence-electron chi connectivity index (χ4n) is 2.74. The largest absolute Gasteiger partial charge is 0.497 e. The number of nitrogens with one attached hydrogen (secondary N) is 1. The minimum atomic E-state index is 0.679. The molecule has 0 bridgehead atoms. The van der Waals surface area contributed by atoms with E-state index >= 15 is 0 Å². The lowest BCUT2D eigenvalue weighted by Gasteiger charge is -2.21. The van der Waals surface area contributed by atoms with Gasteiger partial charge in [0.1, 0.15) is 17.3 Å². The average molecular weight is 364 g/mol. The quantitative estimate of drug-likeness (QED) is 0.644. The van der Waals surface area contributed by atoms with Crippen LogP contribution in [0.25, 0.3) is 0 Å². The summed E-state index contributed by atoms with van der Waals surface area (Å²) >= 11 is 0. The Kier molecular flexibility index (Phi) is 6.10. The summed E-state index contributed by atoms with van der Waals surface area (Å²) in [7, 11) is 3.26. The summed E-state index contributed by atoms with van der Waals surface area (Å²) in [6.45, 7) is 3.66. The fraction of sp³-hybridized carbons (Fsp3) is 0.238. The van der Waals surface area contributed by atoms with Gasteiger partial charge in [-0.2, -0.15) is 4.98 Å². The molecular weight excluding hydrogens is 340 g/mol. The van der Waals surface area contributed by atoms with E-state index < -0.39 is 0 Å². The molecule has 0 saturated carbocycles. The molecule has 6 nitrogen and oxygen atoms in total. The Morgan fingerprint density at radius 2 is 1.81 bits per heavy atom. The maximum absolute atomic E-state index is 5.44. The second kappa shape index (κ2) is 8.89. The van der Waals surface area contributed by atoms with E-state index in [1.54, 1.807) is 20.4 Å². The van der Waals surface area contributed by atoms with Crippen molar-refractivity contribution in [3.05, 3.63) is 66.4 Å². The topological polar surface area (TPSA) is 59.5 Å². The first kappa shape index (κ1) is 18.5. The molecule has 140 valence electrons. The summed E-state index contributed by atoms with van der Waals surface area (Å²) in [6, 6.07) is 17.8. The van der Waals surface area contributed by atoms with Crippen LogP contribution in [0.2, 0.25) is 0 Å². The Hall–Kier alpha value is -3.28. The van der Waals surface area contributed by atoms with Crippen LogP contribution in [0.1, 0.15) is 12.5 Å². The van der Waals surface area contributed by atoms with Gasteiger partial charge in [0.25, 0.3) is 0 Å². The molecule has 0 spiro atoms. The average Bonchev–Trinajstić information content (AvgIpc) is 2.73. The van der Waals surface area contributed by atoms with Gasteiger partial charge in [0, 0.05) is 25.4 Å². The number of hydrogen-bond donors (Lipinski definition) is 1. The Morgan fingerprint density at radius 3 is 2.52 bits per heavy atom. The molecule has 3 rings (SSSR count). The van der Waals surface area contributed by atoms with Gasteiger partial charge in [0.05, 0.1) is 19.9 Å². The molecule has 0 aliphatic carbocycles. The number of hydrogen-bond acceptors (Lipinski definition) is 6. The van der Waals surface area contributed by atoms with Crippen LogP contribution < -0.4 is 19.7 Å². The first-order valence-corrected chi connectivity index (χ1v) is 8.84. The van der Waals surface area contributed by atoms with Gasteiger partial charge in [-0.3, -0.25) is 0 Å². The zero-order chi connectivity index (χ0) is 19.1. The summed E-state index contributed by atoms with van der Waals surface area (Å²) in [5, 5.41) is 3.30. The van der Waals surface area contributed by atoms with E-state index in [2.05, 4.69) is 39.2 Å². The van der Waals surface area contributed by atoms with Crippen molar-refractivity contribution in [3.8, 4) is 11.5 Å². The van der Waals surface area contributed by atoms with Crippen molar-refractivity contribution in [1.82, 2.24) is 9.97 Å². The maximum atomic E-state index is 5.44. The lowest BCUT2D eigenvalue weighted by Crippen LogP contribution is -2.24. The molecule has 1 heterocycles. The van der Waals surface area contributed by atoms with E-state index in [1.165, 1.54) is 5.56 Å². The number of benzene rings is 2. The number of nitrogens with zero attached hydrogens (tertiary/aromatic N) is 3. The van der Waals surface area contributed by atoms with E-state index in [9.17, 15) is 0 Å². The molecular formula is C21H24N4O2. The molecule has 1 N–H and O–H groups in total. The van der Waals surface area contributed by atoms with Crippen LogP contribution in [0, 0.1) is 0 Å². The number of aromatic nitrogens is 2. The molecule has 3 aromatic rings.